The van der Waals surface area contributed by atoms with Gasteiger partial charge in [-0.25, -0.2) is 0 Å². The molecule has 3 rings (SSSR count). The van der Waals surface area contributed by atoms with Crippen LogP contribution >= 0.6 is 0 Å². The van der Waals surface area contributed by atoms with Crippen LogP contribution in [0.4, 0.5) is 5.69 Å². The Kier molecular flexibility index (Phi) is 5.92. The lowest BCUT2D eigenvalue weighted by Gasteiger charge is -2.22. The second kappa shape index (κ2) is 8.34. The molecule has 2 aliphatic rings. The number of hydrogen-bond donors (Lipinski definition) is 2. The minimum absolute atomic E-state index is 0.113. The summed E-state index contributed by atoms with van der Waals surface area (Å²) < 4.78 is 5.99. The van der Waals surface area contributed by atoms with Gasteiger partial charge in [-0.1, -0.05) is 6.07 Å². The summed E-state index contributed by atoms with van der Waals surface area (Å²) in [6, 6.07) is 7.81. The van der Waals surface area contributed by atoms with Crippen LogP contribution in [0.15, 0.2) is 24.3 Å². The number of carbonyl (C=O) groups is 1. The molecule has 1 aliphatic carbocycles. The number of benzene rings is 1. The van der Waals surface area contributed by atoms with E-state index in [9.17, 15) is 4.79 Å². The molecule has 23 heavy (non-hydrogen) atoms. The topological polar surface area (TPSA) is 50.4 Å². The van der Waals surface area contributed by atoms with Crippen LogP contribution in [0.3, 0.4) is 0 Å². The maximum absolute atomic E-state index is 12.1. The van der Waals surface area contributed by atoms with Crippen molar-refractivity contribution in [3.05, 3.63) is 24.3 Å². The Labute approximate surface area is 139 Å². The molecule has 2 fully saturated rings. The maximum Gasteiger partial charge on any atom is 0.224 e. The molecule has 126 valence electrons. The summed E-state index contributed by atoms with van der Waals surface area (Å²) in [7, 11) is 0. The summed E-state index contributed by atoms with van der Waals surface area (Å²) >= 11 is 0. The van der Waals surface area contributed by atoms with Gasteiger partial charge in [-0.15, -0.1) is 0 Å². The molecule has 1 saturated heterocycles. The van der Waals surface area contributed by atoms with Crippen molar-refractivity contribution in [2.75, 3.05) is 18.4 Å². The van der Waals surface area contributed by atoms with Crippen LogP contribution in [-0.2, 0) is 4.79 Å². The molecule has 0 aromatic heterocycles. The van der Waals surface area contributed by atoms with Crippen LogP contribution in [0.5, 0.6) is 5.75 Å². The first kappa shape index (κ1) is 16.3. The van der Waals surface area contributed by atoms with E-state index in [0.717, 1.165) is 43.8 Å². The van der Waals surface area contributed by atoms with Gasteiger partial charge in [-0.3, -0.25) is 4.79 Å². The first-order valence-corrected chi connectivity index (χ1v) is 9.07. The Morgan fingerprint density at radius 1 is 1.17 bits per heavy atom. The van der Waals surface area contributed by atoms with Gasteiger partial charge in [0.15, 0.2) is 0 Å². The second-order valence-electron chi connectivity index (χ2n) is 6.83. The van der Waals surface area contributed by atoms with Crippen molar-refractivity contribution >= 4 is 11.6 Å². The van der Waals surface area contributed by atoms with Gasteiger partial charge < -0.3 is 15.4 Å². The van der Waals surface area contributed by atoms with Gasteiger partial charge >= 0.3 is 0 Å². The van der Waals surface area contributed by atoms with E-state index >= 15 is 0 Å². The van der Waals surface area contributed by atoms with Gasteiger partial charge in [-0.05, 0) is 76.1 Å². The molecule has 1 aromatic rings. The van der Waals surface area contributed by atoms with Crippen molar-refractivity contribution in [1.29, 1.82) is 0 Å². The zero-order valence-electron chi connectivity index (χ0n) is 13.9. The van der Waals surface area contributed by atoms with Gasteiger partial charge in [0.05, 0.1) is 6.10 Å². The molecule has 1 saturated carbocycles. The molecule has 4 nitrogen and oxygen atoms in total. The predicted octanol–water partition coefficient (Wildman–Crippen LogP) is 3.73. The molecule has 0 atom stereocenters. The van der Waals surface area contributed by atoms with Crippen LogP contribution < -0.4 is 15.4 Å². The maximum atomic E-state index is 12.1. The van der Waals surface area contributed by atoms with Crippen LogP contribution in [0, 0.1) is 5.92 Å². The molecule has 1 amide bonds. The standard InChI is InChI=1S/C19H28N2O2/c22-19(9-8-15-10-12-20-13-11-15)21-16-4-3-7-18(14-16)23-17-5-1-2-6-17/h3-4,7,14-15,17,20H,1-2,5-6,8-13H2,(H,21,22). The first-order valence-electron chi connectivity index (χ1n) is 9.07. The van der Waals surface area contributed by atoms with Crippen LogP contribution in [0.1, 0.15) is 51.4 Å². The lowest BCUT2D eigenvalue weighted by atomic mass is 9.93. The SMILES string of the molecule is O=C(CCC1CCNCC1)Nc1cccc(OC2CCCC2)c1. The molecule has 4 heteroatoms. The Morgan fingerprint density at radius 2 is 1.96 bits per heavy atom. The predicted molar refractivity (Wildman–Crippen MR) is 92.8 cm³/mol. The van der Waals surface area contributed by atoms with Crippen LogP contribution in [0.25, 0.3) is 0 Å². The third-order valence-electron chi connectivity index (χ3n) is 4.96. The fraction of sp³-hybridized carbons (Fsp3) is 0.632. The van der Waals surface area contributed by atoms with E-state index in [2.05, 4.69) is 10.6 Å². The first-order chi connectivity index (χ1) is 11.3. The fourth-order valence-electron chi connectivity index (χ4n) is 3.57. The lowest BCUT2D eigenvalue weighted by molar-refractivity contribution is -0.116. The minimum atomic E-state index is 0.113. The molecule has 0 unspecified atom stereocenters. The van der Waals surface area contributed by atoms with Crippen molar-refractivity contribution in [1.82, 2.24) is 5.32 Å². The summed E-state index contributed by atoms with van der Waals surface area (Å²) in [6.45, 7) is 2.18. The van der Waals surface area contributed by atoms with Gasteiger partial charge in [0.25, 0.3) is 0 Å². The molecule has 1 aromatic carbocycles. The number of ether oxygens (including phenoxy) is 1. The van der Waals surface area contributed by atoms with Gasteiger partial charge in [-0.2, -0.15) is 0 Å². The number of hydrogen-bond acceptors (Lipinski definition) is 3. The number of rotatable bonds is 6. The highest BCUT2D eigenvalue weighted by Crippen LogP contribution is 2.26. The highest BCUT2D eigenvalue weighted by Gasteiger charge is 2.17. The monoisotopic (exact) mass is 316 g/mol. The van der Waals surface area contributed by atoms with E-state index in [4.69, 9.17) is 4.74 Å². The van der Waals surface area contributed by atoms with E-state index in [0.29, 0.717) is 18.4 Å². The Balaban J connectivity index is 1.45. The molecule has 1 aliphatic heterocycles. The molecule has 1 heterocycles. The van der Waals surface area contributed by atoms with E-state index in [-0.39, 0.29) is 5.91 Å². The zero-order valence-corrected chi connectivity index (χ0v) is 13.9. The Bertz CT molecular complexity index is 506. The average molecular weight is 316 g/mol. The third kappa shape index (κ3) is 5.24. The molecule has 0 bridgehead atoms. The van der Waals surface area contributed by atoms with Crippen LogP contribution in [0.2, 0.25) is 0 Å². The van der Waals surface area contributed by atoms with E-state index in [1.807, 2.05) is 24.3 Å². The zero-order chi connectivity index (χ0) is 15.9. The van der Waals surface area contributed by atoms with Crippen molar-refractivity contribution in [3.63, 3.8) is 0 Å². The summed E-state index contributed by atoms with van der Waals surface area (Å²) in [5.74, 6) is 1.67. The van der Waals surface area contributed by atoms with Crippen molar-refractivity contribution in [2.24, 2.45) is 5.92 Å². The minimum Gasteiger partial charge on any atom is -0.490 e. The molecule has 0 spiro atoms. The Morgan fingerprint density at radius 3 is 2.74 bits per heavy atom. The Hall–Kier alpha value is -1.55. The summed E-state index contributed by atoms with van der Waals surface area (Å²) in [5.41, 5.74) is 0.843. The number of anilines is 1. The number of nitrogens with one attached hydrogen (secondary N) is 2. The van der Waals surface area contributed by atoms with Crippen molar-refractivity contribution in [3.8, 4) is 5.75 Å². The average Bonchev–Trinajstić information content (AvgIpc) is 3.07. The molecular formula is C19H28N2O2. The van der Waals surface area contributed by atoms with Crippen molar-refractivity contribution < 1.29 is 9.53 Å². The van der Waals surface area contributed by atoms with E-state index < -0.39 is 0 Å². The summed E-state index contributed by atoms with van der Waals surface area (Å²) in [6.07, 6.45) is 9.15. The van der Waals surface area contributed by atoms with Gasteiger partial charge in [0, 0.05) is 18.2 Å². The third-order valence-corrected chi connectivity index (χ3v) is 4.96. The smallest absolute Gasteiger partial charge is 0.224 e. The number of piperidine rings is 1. The molecular weight excluding hydrogens is 288 g/mol. The number of amides is 1. The number of carbonyl (C=O) groups excluding carboxylic acids is 1. The highest BCUT2D eigenvalue weighted by molar-refractivity contribution is 5.90. The van der Waals surface area contributed by atoms with Gasteiger partial charge in [0.1, 0.15) is 5.75 Å². The summed E-state index contributed by atoms with van der Waals surface area (Å²) in [5, 5.41) is 6.38. The van der Waals surface area contributed by atoms with Gasteiger partial charge in [0.2, 0.25) is 5.91 Å². The molecule has 0 radical (unpaired) electrons. The largest absolute Gasteiger partial charge is 0.490 e. The highest BCUT2D eigenvalue weighted by atomic mass is 16.5. The second-order valence-corrected chi connectivity index (χ2v) is 6.83. The normalized spacial score (nSPS) is 19.7. The molecule has 2 N–H and O–H groups in total. The van der Waals surface area contributed by atoms with Crippen LogP contribution in [-0.4, -0.2) is 25.1 Å². The van der Waals surface area contributed by atoms with E-state index in [1.54, 1.807) is 0 Å². The van der Waals surface area contributed by atoms with E-state index in [1.165, 1.54) is 25.7 Å². The quantitative estimate of drug-likeness (QED) is 0.841. The fourth-order valence-corrected chi connectivity index (χ4v) is 3.57. The van der Waals surface area contributed by atoms with Crippen molar-refractivity contribution in [2.45, 2.75) is 57.5 Å². The summed E-state index contributed by atoms with van der Waals surface area (Å²) in [4.78, 5) is 12.1. The lowest BCUT2D eigenvalue weighted by Crippen LogP contribution is -2.28.